The zero-order chi connectivity index (χ0) is 13.0. The Labute approximate surface area is 107 Å². The van der Waals surface area contributed by atoms with Gasteiger partial charge in [-0.2, -0.15) is 0 Å². The van der Waals surface area contributed by atoms with Crippen molar-refractivity contribution in [3.8, 4) is 0 Å². The highest BCUT2D eigenvalue weighted by Crippen LogP contribution is 2.48. The Bertz CT molecular complexity index is 429. The summed E-state index contributed by atoms with van der Waals surface area (Å²) in [6.07, 6.45) is 6.37. The van der Waals surface area contributed by atoms with Crippen molar-refractivity contribution in [3.63, 3.8) is 0 Å². The average Bonchev–Trinajstić information content (AvgIpc) is 3.17. The number of nitrogens with two attached hydrogens (primary N) is 1. The summed E-state index contributed by atoms with van der Waals surface area (Å²) < 4.78 is 0. The summed E-state index contributed by atoms with van der Waals surface area (Å²) in [5, 5.41) is 2.97. The van der Waals surface area contributed by atoms with Crippen molar-refractivity contribution in [1.82, 2.24) is 10.3 Å². The summed E-state index contributed by atoms with van der Waals surface area (Å²) >= 11 is 0. The molecule has 0 aromatic carbocycles. The molecular weight excluding hydrogens is 228 g/mol. The lowest BCUT2D eigenvalue weighted by molar-refractivity contribution is 0.0939. The topological polar surface area (TPSA) is 80.0 Å². The molecule has 0 aliphatic heterocycles. The van der Waals surface area contributed by atoms with Gasteiger partial charge in [0.25, 0.3) is 5.91 Å². The van der Waals surface area contributed by atoms with Gasteiger partial charge in [0, 0.05) is 12.7 Å². The molecule has 0 unspecified atom stereocenters. The van der Waals surface area contributed by atoms with Gasteiger partial charge in [0.15, 0.2) is 0 Å². The molecule has 98 valence electrons. The van der Waals surface area contributed by atoms with Gasteiger partial charge in [-0.25, -0.2) is 0 Å². The van der Waals surface area contributed by atoms with E-state index in [4.69, 9.17) is 5.84 Å². The molecule has 0 spiro atoms. The van der Waals surface area contributed by atoms with Gasteiger partial charge in [-0.15, -0.1) is 0 Å². The Morgan fingerprint density at radius 2 is 2.33 bits per heavy atom. The van der Waals surface area contributed by atoms with Crippen molar-refractivity contribution >= 4 is 11.6 Å². The molecular formula is C13H20N4O. The van der Waals surface area contributed by atoms with Crippen molar-refractivity contribution in [3.05, 3.63) is 24.0 Å². The van der Waals surface area contributed by atoms with Crippen molar-refractivity contribution < 1.29 is 4.79 Å². The van der Waals surface area contributed by atoms with Crippen LogP contribution in [-0.2, 0) is 0 Å². The number of anilines is 1. The molecule has 2 rings (SSSR count). The van der Waals surface area contributed by atoms with Crippen LogP contribution in [0.25, 0.3) is 0 Å². The van der Waals surface area contributed by atoms with Gasteiger partial charge in [-0.3, -0.25) is 15.6 Å². The van der Waals surface area contributed by atoms with E-state index in [0.717, 1.165) is 6.54 Å². The second-order valence-electron chi connectivity index (χ2n) is 5.01. The van der Waals surface area contributed by atoms with E-state index in [9.17, 15) is 4.79 Å². The molecule has 5 nitrogen and oxygen atoms in total. The Kier molecular flexibility index (Phi) is 3.81. The van der Waals surface area contributed by atoms with Crippen LogP contribution in [0.15, 0.2) is 18.3 Å². The number of nitrogen functional groups attached to an aromatic ring is 1. The number of nitrogens with zero attached hydrogens (tertiary/aromatic N) is 1. The Morgan fingerprint density at radius 3 is 2.94 bits per heavy atom. The number of aromatic nitrogens is 1. The monoisotopic (exact) mass is 248 g/mol. The second kappa shape index (κ2) is 5.35. The number of carbonyl (C=O) groups excluding carboxylic acids is 1. The third-order valence-electron chi connectivity index (χ3n) is 3.52. The third kappa shape index (κ3) is 2.98. The van der Waals surface area contributed by atoms with Crippen LogP contribution in [0.4, 0.5) is 5.69 Å². The van der Waals surface area contributed by atoms with E-state index in [1.165, 1.54) is 25.7 Å². The van der Waals surface area contributed by atoms with E-state index in [1.54, 1.807) is 18.3 Å². The smallest absolute Gasteiger partial charge is 0.269 e. The summed E-state index contributed by atoms with van der Waals surface area (Å²) in [6, 6.07) is 3.37. The Balaban J connectivity index is 1.91. The predicted molar refractivity (Wildman–Crippen MR) is 71.0 cm³/mol. The van der Waals surface area contributed by atoms with Crippen molar-refractivity contribution in [1.29, 1.82) is 0 Å². The maximum atomic E-state index is 11.9. The molecule has 4 N–H and O–H groups in total. The molecule has 1 fully saturated rings. The summed E-state index contributed by atoms with van der Waals surface area (Å²) in [6.45, 7) is 2.93. The molecule has 5 heteroatoms. The summed E-state index contributed by atoms with van der Waals surface area (Å²) in [4.78, 5) is 16.0. The zero-order valence-electron chi connectivity index (χ0n) is 10.7. The fraction of sp³-hybridized carbons (Fsp3) is 0.538. The van der Waals surface area contributed by atoms with Crippen molar-refractivity contribution in [2.75, 3.05) is 12.0 Å². The highest BCUT2D eigenvalue weighted by molar-refractivity contribution is 5.93. The average molecular weight is 248 g/mol. The first-order valence-electron chi connectivity index (χ1n) is 6.40. The van der Waals surface area contributed by atoms with Gasteiger partial charge in [0.05, 0.1) is 5.69 Å². The van der Waals surface area contributed by atoms with Gasteiger partial charge < -0.3 is 10.7 Å². The van der Waals surface area contributed by atoms with Crippen molar-refractivity contribution in [2.45, 2.75) is 32.6 Å². The first-order valence-corrected chi connectivity index (χ1v) is 6.40. The van der Waals surface area contributed by atoms with E-state index >= 15 is 0 Å². The van der Waals surface area contributed by atoms with E-state index in [0.29, 0.717) is 16.8 Å². The zero-order valence-corrected chi connectivity index (χ0v) is 10.7. The molecule has 1 aromatic rings. The van der Waals surface area contributed by atoms with Gasteiger partial charge in [0.2, 0.25) is 0 Å². The second-order valence-corrected chi connectivity index (χ2v) is 5.01. The van der Waals surface area contributed by atoms with E-state index in [2.05, 4.69) is 22.7 Å². The van der Waals surface area contributed by atoms with E-state index < -0.39 is 0 Å². The Hall–Kier alpha value is -1.62. The molecule has 0 bridgehead atoms. The van der Waals surface area contributed by atoms with Crippen LogP contribution in [-0.4, -0.2) is 17.4 Å². The van der Waals surface area contributed by atoms with E-state index in [1.807, 2.05) is 0 Å². The minimum absolute atomic E-state index is 0.130. The molecule has 1 saturated carbocycles. The molecule has 0 atom stereocenters. The molecule has 0 radical (unpaired) electrons. The largest absolute Gasteiger partial charge is 0.350 e. The number of hydrogen-bond donors (Lipinski definition) is 3. The van der Waals surface area contributed by atoms with Crippen LogP contribution in [0.1, 0.15) is 43.1 Å². The minimum atomic E-state index is -0.130. The summed E-state index contributed by atoms with van der Waals surface area (Å²) in [5.41, 5.74) is 3.95. The van der Waals surface area contributed by atoms with Gasteiger partial charge in [0.1, 0.15) is 5.69 Å². The lowest BCUT2D eigenvalue weighted by Gasteiger charge is -2.14. The fourth-order valence-corrected chi connectivity index (χ4v) is 2.23. The minimum Gasteiger partial charge on any atom is -0.350 e. The molecule has 0 saturated heterocycles. The first-order chi connectivity index (χ1) is 8.69. The standard InChI is InChI=1S/C13H20N4O/c1-2-4-13(5-6-13)9-16-12(18)11-8-10(17-14)3-7-15-11/h3,7-8H,2,4-6,9,14H2,1H3,(H,15,17)(H,16,18). The molecule has 18 heavy (non-hydrogen) atoms. The normalized spacial score (nSPS) is 16.1. The molecule has 1 aliphatic rings. The summed E-state index contributed by atoms with van der Waals surface area (Å²) in [5.74, 6) is 5.17. The van der Waals surface area contributed by atoms with Gasteiger partial charge >= 0.3 is 0 Å². The van der Waals surface area contributed by atoms with Crippen LogP contribution < -0.4 is 16.6 Å². The molecule has 1 aromatic heterocycles. The summed E-state index contributed by atoms with van der Waals surface area (Å²) in [7, 11) is 0. The maximum absolute atomic E-state index is 11.9. The number of hydrazine groups is 1. The highest BCUT2D eigenvalue weighted by atomic mass is 16.1. The van der Waals surface area contributed by atoms with Crippen LogP contribution in [0.3, 0.4) is 0 Å². The van der Waals surface area contributed by atoms with Crippen LogP contribution in [0.2, 0.25) is 0 Å². The predicted octanol–water partition coefficient (Wildman–Crippen LogP) is 1.68. The molecule has 1 heterocycles. The Morgan fingerprint density at radius 1 is 1.56 bits per heavy atom. The van der Waals surface area contributed by atoms with Crippen LogP contribution in [0.5, 0.6) is 0 Å². The number of carbonyl (C=O) groups is 1. The number of rotatable bonds is 6. The van der Waals surface area contributed by atoms with Crippen LogP contribution in [0, 0.1) is 5.41 Å². The van der Waals surface area contributed by atoms with Crippen LogP contribution >= 0.6 is 0 Å². The lowest BCUT2D eigenvalue weighted by Crippen LogP contribution is -2.30. The first kappa shape index (κ1) is 12.8. The third-order valence-corrected chi connectivity index (χ3v) is 3.52. The van der Waals surface area contributed by atoms with Crippen molar-refractivity contribution in [2.24, 2.45) is 11.3 Å². The molecule has 1 aliphatic carbocycles. The number of amides is 1. The maximum Gasteiger partial charge on any atom is 0.269 e. The van der Waals surface area contributed by atoms with Gasteiger partial charge in [-0.1, -0.05) is 13.3 Å². The highest BCUT2D eigenvalue weighted by Gasteiger charge is 2.41. The SMILES string of the molecule is CCCC1(CNC(=O)c2cc(NN)ccn2)CC1. The van der Waals surface area contributed by atoms with E-state index in [-0.39, 0.29) is 5.91 Å². The lowest BCUT2D eigenvalue weighted by atomic mass is 10.0. The number of hydrogen-bond acceptors (Lipinski definition) is 4. The number of nitrogens with one attached hydrogen (secondary N) is 2. The number of pyridine rings is 1. The fourth-order valence-electron chi connectivity index (χ4n) is 2.23. The quantitative estimate of drug-likeness (QED) is 0.528. The van der Waals surface area contributed by atoms with Gasteiger partial charge in [-0.05, 0) is 36.8 Å². The molecule has 1 amide bonds.